The molecule has 0 heterocycles. The Bertz CT molecular complexity index is 691. The van der Waals surface area contributed by atoms with E-state index in [9.17, 15) is 0 Å². The van der Waals surface area contributed by atoms with E-state index in [-0.39, 0.29) is 0 Å². The SMILES string of the molecule is C(=C\N(Cc1ccccc1)Cc1ccccc1)/Cc1ccccc1. The normalized spacial score (nSPS) is 10.8. The van der Waals surface area contributed by atoms with Gasteiger partial charge in [0, 0.05) is 13.1 Å². The van der Waals surface area contributed by atoms with Crippen LogP contribution in [-0.4, -0.2) is 4.90 Å². The van der Waals surface area contributed by atoms with Crippen LogP contribution in [0.4, 0.5) is 0 Å². The average Bonchev–Trinajstić information content (AvgIpc) is 2.64. The number of hydrogen-bond donors (Lipinski definition) is 0. The van der Waals surface area contributed by atoms with Crippen LogP contribution in [0.2, 0.25) is 0 Å². The number of benzene rings is 3. The molecule has 24 heavy (non-hydrogen) atoms. The lowest BCUT2D eigenvalue weighted by molar-refractivity contribution is 0.361. The van der Waals surface area contributed by atoms with Crippen LogP contribution in [0, 0.1) is 0 Å². The maximum atomic E-state index is 2.37. The Morgan fingerprint density at radius 3 is 1.42 bits per heavy atom. The van der Waals surface area contributed by atoms with Crippen LogP contribution in [-0.2, 0) is 19.5 Å². The molecule has 3 aromatic rings. The van der Waals surface area contributed by atoms with Crippen molar-refractivity contribution in [1.82, 2.24) is 4.90 Å². The van der Waals surface area contributed by atoms with Gasteiger partial charge in [-0.1, -0.05) is 97.1 Å². The summed E-state index contributed by atoms with van der Waals surface area (Å²) in [5.41, 5.74) is 4.00. The number of rotatable bonds is 7. The summed E-state index contributed by atoms with van der Waals surface area (Å²) in [7, 11) is 0. The van der Waals surface area contributed by atoms with E-state index in [1.807, 2.05) is 0 Å². The van der Waals surface area contributed by atoms with Crippen molar-refractivity contribution in [3.63, 3.8) is 0 Å². The van der Waals surface area contributed by atoms with Gasteiger partial charge in [0.05, 0.1) is 0 Å². The Kier molecular flexibility index (Phi) is 5.85. The summed E-state index contributed by atoms with van der Waals surface area (Å²) in [5, 5.41) is 0. The van der Waals surface area contributed by atoms with E-state index in [1.54, 1.807) is 0 Å². The van der Waals surface area contributed by atoms with E-state index in [0.29, 0.717) is 0 Å². The van der Waals surface area contributed by atoms with Crippen molar-refractivity contribution in [2.45, 2.75) is 19.5 Å². The predicted octanol–water partition coefficient (Wildman–Crippen LogP) is 5.45. The Labute approximate surface area is 144 Å². The van der Waals surface area contributed by atoms with Gasteiger partial charge in [0.15, 0.2) is 0 Å². The third-order valence-corrected chi connectivity index (χ3v) is 3.97. The first-order valence-electron chi connectivity index (χ1n) is 8.42. The molecule has 0 aliphatic rings. The van der Waals surface area contributed by atoms with Gasteiger partial charge in [-0.25, -0.2) is 0 Å². The summed E-state index contributed by atoms with van der Waals surface area (Å²) in [6, 6.07) is 31.9. The van der Waals surface area contributed by atoms with Crippen LogP contribution < -0.4 is 0 Å². The highest BCUT2D eigenvalue weighted by atomic mass is 15.1. The highest BCUT2D eigenvalue weighted by Gasteiger charge is 2.02. The Balaban J connectivity index is 1.69. The second kappa shape index (κ2) is 8.73. The first-order valence-corrected chi connectivity index (χ1v) is 8.42. The number of allylic oxidation sites excluding steroid dienone is 1. The lowest BCUT2D eigenvalue weighted by atomic mass is 10.1. The first-order chi connectivity index (χ1) is 11.9. The molecule has 0 N–H and O–H groups in total. The summed E-state index contributed by atoms with van der Waals surface area (Å²) in [5.74, 6) is 0. The predicted molar refractivity (Wildman–Crippen MR) is 101 cm³/mol. The largest absolute Gasteiger partial charge is 0.369 e. The molecule has 1 nitrogen and oxygen atoms in total. The number of hydrogen-bond acceptors (Lipinski definition) is 1. The summed E-state index contributed by atoms with van der Waals surface area (Å²) in [6.45, 7) is 1.84. The van der Waals surface area contributed by atoms with Gasteiger partial charge < -0.3 is 4.90 Å². The summed E-state index contributed by atoms with van der Waals surface area (Å²) in [4.78, 5) is 2.37. The van der Waals surface area contributed by atoms with Crippen LogP contribution in [0.1, 0.15) is 16.7 Å². The molecular formula is C23H23N. The van der Waals surface area contributed by atoms with Crippen LogP contribution in [0.15, 0.2) is 103 Å². The minimum Gasteiger partial charge on any atom is -0.369 e. The molecule has 0 bridgehead atoms. The standard InChI is InChI=1S/C23H23N/c1-4-11-21(12-5-1)17-10-18-24(19-22-13-6-2-7-14-22)20-23-15-8-3-9-16-23/h1-16,18H,17,19-20H2/b18-10+. The fraction of sp³-hybridized carbons (Fsp3) is 0.130. The Morgan fingerprint density at radius 1 is 0.542 bits per heavy atom. The minimum atomic E-state index is 0.918. The molecule has 0 fully saturated rings. The van der Waals surface area contributed by atoms with Crippen molar-refractivity contribution >= 4 is 0 Å². The van der Waals surface area contributed by atoms with Gasteiger partial charge in [0.25, 0.3) is 0 Å². The number of nitrogens with zero attached hydrogens (tertiary/aromatic N) is 1. The van der Waals surface area contributed by atoms with Crippen molar-refractivity contribution in [2.24, 2.45) is 0 Å². The first kappa shape index (κ1) is 16.1. The maximum Gasteiger partial charge on any atom is 0.0427 e. The molecule has 0 aliphatic heterocycles. The van der Waals surface area contributed by atoms with E-state index >= 15 is 0 Å². The fourth-order valence-electron chi connectivity index (χ4n) is 2.75. The van der Waals surface area contributed by atoms with Gasteiger partial charge in [0.2, 0.25) is 0 Å². The van der Waals surface area contributed by atoms with Crippen LogP contribution in [0.5, 0.6) is 0 Å². The van der Waals surface area contributed by atoms with Crippen LogP contribution in [0.25, 0.3) is 0 Å². The van der Waals surface area contributed by atoms with Gasteiger partial charge in [-0.3, -0.25) is 0 Å². The molecule has 3 rings (SSSR count). The van der Waals surface area contributed by atoms with Crippen molar-refractivity contribution < 1.29 is 0 Å². The zero-order chi connectivity index (χ0) is 16.5. The second-order valence-electron chi connectivity index (χ2n) is 5.95. The van der Waals surface area contributed by atoms with Gasteiger partial charge in [0.1, 0.15) is 0 Å². The molecule has 0 aromatic heterocycles. The average molecular weight is 313 g/mol. The summed E-state index contributed by atoms with van der Waals surface area (Å²) >= 11 is 0. The molecule has 0 aliphatic carbocycles. The molecule has 0 saturated carbocycles. The smallest absolute Gasteiger partial charge is 0.0427 e. The van der Waals surface area contributed by atoms with Crippen molar-refractivity contribution in [2.75, 3.05) is 0 Å². The highest BCUT2D eigenvalue weighted by molar-refractivity contribution is 5.19. The molecule has 120 valence electrons. The monoisotopic (exact) mass is 313 g/mol. The van der Waals surface area contributed by atoms with E-state index in [2.05, 4.69) is 108 Å². The molecule has 3 aromatic carbocycles. The van der Waals surface area contributed by atoms with E-state index < -0.39 is 0 Å². The topological polar surface area (TPSA) is 3.24 Å². The van der Waals surface area contributed by atoms with Gasteiger partial charge in [-0.05, 0) is 29.3 Å². The molecular weight excluding hydrogens is 290 g/mol. The lowest BCUT2D eigenvalue weighted by Crippen LogP contribution is -2.16. The molecule has 1 heteroatoms. The van der Waals surface area contributed by atoms with Crippen molar-refractivity contribution in [3.8, 4) is 0 Å². The molecule has 0 unspecified atom stereocenters. The Hall–Kier alpha value is -2.80. The Morgan fingerprint density at radius 2 is 0.958 bits per heavy atom. The highest BCUT2D eigenvalue weighted by Crippen LogP contribution is 2.11. The van der Waals surface area contributed by atoms with Crippen LogP contribution >= 0.6 is 0 Å². The van der Waals surface area contributed by atoms with E-state index in [4.69, 9.17) is 0 Å². The van der Waals surface area contributed by atoms with Crippen molar-refractivity contribution in [1.29, 1.82) is 0 Å². The zero-order valence-electron chi connectivity index (χ0n) is 13.9. The van der Waals surface area contributed by atoms with Gasteiger partial charge >= 0.3 is 0 Å². The van der Waals surface area contributed by atoms with E-state index in [0.717, 1.165) is 19.5 Å². The maximum absolute atomic E-state index is 2.37. The third-order valence-electron chi connectivity index (χ3n) is 3.97. The minimum absolute atomic E-state index is 0.918. The quantitative estimate of drug-likeness (QED) is 0.561. The lowest BCUT2D eigenvalue weighted by Gasteiger charge is -2.21. The van der Waals surface area contributed by atoms with E-state index in [1.165, 1.54) is 16.7 Å². The summed E-state index contributed by atoms with van der Waals surface area (Å²) in [6.07, 6.45) is 5.44. The third kappa shape index (κ3) is 5.13. The molecule has 0 amide bonds. The van der Waals surface area contributed by atoms with Crippen molar-refractivity contribution in [3.05, 3.63) is 120 Å². The molecule has 0 atom stereocenters. The summed E-state index contributed by atoms with van der Waals surface area (Å²) < 4.78 is 0. The fourth-order valence-corrected chi connectivity index (χ4v) is 2.75. The molecule has 0 radical (unpaired) electrons. The molecule has 0 spiro atoms. The van der Waals surface area contributed by atoms with Gasteiger partial charge in [-0.2, -0.15) is 0 Å². The molecule has 0 saturated heterocycles. The second-order valence-corrected chi connectivity index (χ2v) is 5.95. The van der Waals surface area contributed by atoms with Gasteiger partial charge in [-0.15, -0.1) is 0 Å². The van der Waals surface area contributed by atoms with Crippen LogP contribution in [0.3, 0.4) is 0 Å². The zero-order valence-corrected chi connectivity index (χ0v) is 13.9.